The summed E-state index contributed by atoms with van der Waals surface area (Å²) in [5.41, 5.74) is 5.25. The molecule has 0 aromatic heterocycles. The Morgan fingerprint density at radius 3 is 1.30 bits per heavy atom. The van der Waals surface area contributed by atoms with E-state index in [1.165, 1.54) is 6.07 Å². The number of carbonyl (C=O) groups excluding carboxylic acids is 3. The molecule has 0 radical (unpaired) electrons. The summed E-state index contributed by atoms with van der Waals surface area (Å²) < 4.78 is 0. The van der Waals surface area contributed by atoms with Crippen LogP contribution in [-0.4, -0.2) is 27.6 Å². The van der Waals surface area contributed by atoms with Crippen molar-refractivity contribution >= 4 is 17.3 Å². The molecule has 3 aliphatic carbocycles. The minimum atomic E-state index is 0. The summed E-state index contributed by atoms with van der Waals surface area (Å²) in [6.07, 6.45) is 7.34. The number of phenols is 2. The molecular weight excluding hydrogens is 468 g/mol. The Balaban J connectivity index is 0.000000195. The maximum absolute atomic E-state index is 11.3. The Bertz CT molecular complexity index is 1150. The van der Waals surface area contributed by atoms with Gasteiger partial charge in [0.2, 0.25) is 0 Å². The molecule has 0 aliphatic heterocycles. The number of aromatic hydroxyl groups is 2. The molecule has 6 nitrogen and oxygen atoms in total. The van der Waals surface area contributed by atoms with Gasteiger partial charge in [0.15, 0.2) is 17.3 Å². The van der Waals surface area contributed by atoms with Crippen LogP contribution >= 0.6 is 0 Å². The van der Waals surface area contributed by atoms with E-state index in [-0.39, 0.29) is 43.5 Å². The van der Waals surface area contributed by atoms with Crippen LogP contribution in [0.25, 0.3) is 0 Å². The van der Waals surface area contributed by atoms with Crippen molar-refractivity contribution in [1.29, 1.82) is 0 Å². The minimum Gasteiger partial charge on any atom is -0.872 e. The van der Waals surface area contributed by atoms with E-state index in [9.17, 15) is 19.5 Å². The molecule has 0 fully saturated rings. The van der Waals surface area contributed by atoms with E-state index < -0.39 is 0 Å². The Hall–Kier alpha value is -3.93. The van der Waals surface area contributed by atoms with Gasteiger partial charge in [-0.3, -0.25) is 14.4 Å². The molecule has 0 atom stereocenters. The van der Waals surface area contributed by atoms with Gasteiger partial charge in [-0.05, 0) is 91.6 Å². The number of benzene rings is 3. The van der Waals surface area contributed by atoms with Gasteiger partial charge in [-0.1, -0.05) is 25.6 Å². The summed E-state index contributed by atoms with van der Waals surface area (Å²) in [6.45, 7) is 0. The Kier molecular flexibility index (Phi) is 9.23. The molecule has 6 rings (SSSR count). The van der Waals surface area contributed by atoms with Crippen molar-refractivity contribution < 1.29 is 31.1 Å². The normalized spacial score (nSPS) is 15.4. The third kappa shape index (κ3) is 6.85. The molecule has 3 aromatic rings. The lowest BCUT2D eigenvalue weighted by Gasteiger charge is -2.16. The molecule has 0 saturated carbocycles. The molecule has 0 bridgehead atoms. The van der Waals surface area contributed by atoms with Crippen molar-refractivity contribution in [2.24, 2.45) is 0 Å². The molecule has 194 valence electrons. The Labute approximate surface area is 219 Å². The van der Waals surface area contributed by atoms with Crippen LogP contribution in [0.3, 0.4) is 0 Å². The van der Waals surface area contributed by atoms with E-state index in [0.717, 1.165) is 71.9 Å². The standard InChI is InChI=1S/3C10H10O2.CH4/c3*11-8-4-5-9-7(6-8)2-1-3-10(9)12;/h3*4-6,11H,1-3H2;1H4. The zero-order valence-corrected chi connectivity index (χ0v) is 20.1. The quantitative estimate of drug-likeness (QED) is 0.398. The van der Waals surface area contributed by atoms with Gasteiger partial charge in [-0.25, -0.2) is 0 Å². The molecular formula is C31H34O6. The van der Waals surface area contributed by atoms with Gasteiger partial charge in [0, 0.05) is 36.0 Å². The second-order valence-electron chi connectivity index (χ2n) is 9.33. The molecule has 0 spiro atoms. The lowest BCUT2D eigenvalue weighted by atomic mass is 9.91. The molecule has 0 amide bonds. The van der Waals surface area contributed by atoms with Crippen LogP contribution in [0.4, 0.5) is 0 Å². The minimum absolute atomic E-state index is 0. The van der Waals surface area contributed by atoms with Gasteiger partial charge in [0.25, 0.3) is 0 Å². The third-order valence-electron chi connectivity index (χ3n) is 6.71. The van der Waals surface area contributed by atoms with Crippen LogP contribution in [0, 0.1) is 0 Å². The predicted molar refractivity (Wildman–Crippen MR) is 142 cm³/mol. The number of ketones is 3. The molecule has 2 N–H and O–H groups in total. The average Bonchev–Trinajstić information content (AvgIpc) is 2.85. The van der Waals surface area contributed by atoms with Gasteiger partial charge < -0.3 is 15.3 Å². The summed E-state index contributed by atoms with van der Waals surface area (Å²) in [7, 11) is 0. The van der Waals surface area contributed by atoms with Crippen LogP contribution < -0.4 is 5.11 Å². The van der Waals surface area contributed by atoms with Gasteiger partial charge in [-0.2, -0.15) is 0 Å². The molecule has 0 saturated heterocycles. The molecule has 3 aromatic carbocycles. The number of fused-ring (bicyclic) bond motifs is 3. The number of phenolic OH excluding ortho intramolecular Hbond substituents is 2. The first-order valence-electron chi connectivity index (χ1n) is 12.3. The molecule has 6 heteroatoms. The van der Waals surface area contributed by atoms with Gasteiger partial charge >= 0.3 is 1.43 Å². The van der Waals surface area contributed by atoms with Crippen molar-refractivity contribution in [2.45, 2.75) is 65.2 Å². The van der Waals surface area contributed by atoms with E-state index in [1.807, 2.05) is 0 Å². The van der Waals surface area contributed by atoms with Crippen LogP contribution in [0.1, 0.15) is 95.1 Å². The zero-order chi connectivity index (χ0) is 25.7. The lowest BCUT2D eigenvalue weighted by Crippen LogP contribution is -2.10. The lowest BCUT2D eigenvalue weighted by molar-refractivity contribution is -0.268. The molecule has 37 heavy (non-hydrogen) atoms. The Morgan fingerprint density at radius 1 is 0.541 bits per heavy atom. The average molecular weight is 503 g/mol. The van der Waals surface area contributed by atoms with E-state index in [0.29, 0.717) is 19.3 Å². The highest BCUT2D eigenvalue weighted by Crippen LogP contribution is 2.26. The van der Waals surface area contributed by atoms with Crippen molar-refractivity contribution in [3.05, 3.63) is 88.0 Å². The first-order valence-corrected chi connectivity index (χ1v) is 12.3. The predicted octanol–water partition coefficient (Wildman–Crippen LogP) is 5.85. The molecule has 0 heterocycles. The summed E-state index contributed by atoms with van der Waals surface area (Å²) in [5.74, 6) is 1.10. The van der Waals surface area contributed by atoms with Gasteiger partial charge in [0.1, 0.15) is 11.5 Å². The first kappa shape index (κ1) is 27.7. The molecule has 3 aliphatic rings. The van der Waals surface area contributed by atoms with Crippen molar-refractivity contribution in [3.63, 3.8) is 0 Å². The number of rotatable bonds is 0. The number of Topliss-reactive ketones (excluding diaryl/α,β-unsaturated/α-hetero) is 3. The van der Waals surface area contributed by atoms with E-state index in [2.05, 4.69) is 0 Å². The van der Waals surface area contributed by atoms with Gasteiger partial charge in [0.05, 0.1) is 0 Å². The van der Waals surface area contributed by atoms with Crippen molar-refractivity contribution in [2.75, 3.05) is 0 Å². The second-order valence-corrected chi connectivity index (χ2v) is 9.33. The van der Waals surface area contributed by atoms with Crippen LogP contribution in [-0.2, 0) is 19.3 Å². The van der Waals surface area contributed by atoms with Gasteiger partial charge in [-0.15, -0.1) is 5.75 Å². The number of carbonyl (C=O) groups is 3. The highest BCUT2D eigenvalue weighted by Gasteiger charge is 2.18. The van der Waals surface area contributed by atoms with Crippen LogP contribution in [0.2, 0.25) is 0 Å². The van der Waals surface area contributed by atoms with E-state index in [4.69, 9.17) is 10.2 Å². The zero-order valence-electron chi connectivity index (χ0n) is 21.1. The van der Waals surface area contributed by atoms with Crippen molar-refractivity contribution in [3.8, 4) is 17.2 Å². The highest BCUT2D eigenvalue weighted by atomic mass is 16.3. The second kappa shape index (κ2) is 12.3. The number of hydrogen-bond acceptors (Lipinski definition) is 6. The number of hydrogen-bond donors (Lipinski definition) is 2. The fourth-order valence-electron chi connectivity index (χ4n) is 4.89. The van der Waals surface area contributed by atoms with Crippen LogP contribution in [0.15, 0.2) is 54.6 Å². The summed E-state index contributed by atoms with van der Waals surface area (Å²) in [6, 6.07) is 14.6. The Morgan fingerprint density at radius 2 is 0.892 bits per heavy atom. The maximum atomic E-state index is 11.3. The van der Waals surface area contributed by atoms with E-state index in [1.54, 1.807) is 48.5 Å². The SMILES string of the molecule is C.O=C1CCCc2cc(O)ccc21.O=C1CCCc2cc(O)ccc21.O=C1CCCc2cc([O-])ccc21.[H+]. The monoisotopic (exact) mass is 502 g/mol. The topological polar surface area (TPSA) is 115 Å². The molecule has 0 unspecified atom stereocenters. The fourth-order valence-corrected chi connectivity index (χ4v) is 4.89. The summed E-state index contributed by atoms with van der Waals surface area (Å²) in [4.78, 5) is 33.9. The van der Waals surface area contributed by atoms with Crippen molar-refractivity contribution in [1.82, 2.24) is 0 Å². The van der Waals surface area contributed by atoms with E-state index >= 15 is 0 Å². The summed E-state index contributed by atoms with van der Waals surface area (Å²) in [5, 5.41) is 29.3. The maximum Gasteiger partial charge on any atom is 1.00 e. The summed E-state index contributed by atoms with van der Waals surface area (Å²) >= 11 is 0. The fraction of sp³-hybridized carbons (Fsp3) is 0.323. The smallest absolute Gasteiger partial charge is 0.872 e. The third-order valence-corrected chi connectivity index (χ3v) is 6.71. The van der Waals surface area contributed by atoms with Crippen LogP contribution in [0.5, 0.6) is 17.2 Å². The largest absolute Gasteiger partial charge is 1.00 e. The first-order chi connectivity index (χ1) is 17.3. The highest BCUT2D eigenvalue weighted by molar-refractivity contribution is 5.99. The number of aryl methyl sites for hydroxylation is 3.